The number of ether oxygens (including phenoxy) is 5. The zero-order valence-electron chi connectivity index (χ0n) is 30.3. The molecule has 2 amide bonds. The Morgan fingerprint density at radius 1 is 1.08 bits per heavy atom. The third-order valence-corrected chi connectivity index (χ3v) is 10.1. The molecule has 5 aliphatic rings. The number of hydrogen-bond donors (Lipinski definition) is 3. The molecule has 4 fully saturated rings. The highest BCUT2D eigenvalue weighted by Gasteiger charge is 2.64. The number of amides is 2. The Morgan fingerprint density at radius 2 is 1.83 bits per heavy atom. The lowest BCUT2D eigenvalue weighted by Crippen LogP contribution is -2.51. The van der Waals surface area contributed by atoms with Gasteiger partial charge in [-0.25, -0.2) is 4.79 Å². The predicted octanol–water partition coefficient (Wildman–Crippen LogP) is 3.41. The van der Waals surface area contributed by atoms with E-state index >= 15 is 0 Å². The summed E-state index contributed by atoms with van der Waals surface area (Å²) in [6, 6.07) is 5.43. The molecule has 0 bridgehead atoms. The van der Waals surface area contributed by atoms with Crippen LogP contribution in [0, 0.1) is 11.8 Å². The molecule has 0 spiro atoms. The molecule has 3 N–H and O–H groups in total. The molecular formula is C39H52N2O11. The van der Waals surface area contributed by atoms with Crippen molar-refractivity contribution in [1.82, 2.24) is 10.2 Å². The number of esters is 2. The van der Waals surface area contributed by atoms with Gasteiger partial charge in [0.1, 0.15) is 36.6 Å². The van der Waals surface area contributed by atoms with E-state index in [1.54, 1.807) is 56.0 Å². The normalized spacial score (nSPS) is 26.0. The van der Waals surface area contributed by atoms with Crippen molar-refractivity contribution in [2.75, 3.05) is 26.4 Å². The minimum atomic E-state index is -0.811. The van der Waals surface area contributed by atoms with E-state index in [1.165, 1.54) is 6.26 Å². The van der Waals surface area contributed by atoms with Crippen LogP contribution in [0.25, 0.3) is 6.08 Å². The number of nitrogens with one attached hydrogen (secondary N) is 1. The summed E-state index contributed by atoms with van der Waals surface area (Å²) in [5.74, 6) is -1.97. The molecule has 5 unspecified atom stereocenters. The number of benzene rings is 1. The van der Waals surface area contributed by atoms with Gasteiger partial charge in [-0.05, 0) is 95.6 Å². The highest BCUT2D eigenvalue weighted by Crippen LogP contribution is 2.59. The monoisotopic (exact) mass is 724 g/mol. The van der Waals surface area contributed by atoms with Crippen LogP contribution in [0.15, 0.2) is 42.2 Å². The summed E-state index contributed by atoms with van der Waals surface area (Å²) >= 11 is 0. The van der Waals surface area contributed by atoms with Crippen LogP contribution in [0.3, 0.4) is 0 Å². The SMILES string of the molecule is CC(C)(C)OC(=O)CCC(CO)NC(=O)C1CCCN1C(=O)C1=CC2OC(C3CC3)(C3CC3)OC2C(OC(=O)c2cccc(C=COCCO)c2)C1. The summed E-state index contributed by atoms with van der Waals surface area (Å²) in [6.07, 6.45) is 8.28. The smallest absolute Gasteiger partial charge is 0.338 e. The van der Waals surface area contributed by atoms with Crippen LogP contribution in [0.4, 0.5) is 0 Å². The average molecular weight is 725 g/mol. The van der Waals surface area contributed by atoms with Crippen molar-refractivity contribution in [3.8, 4) is 0 Å². The Morgan fingerprint density at radius 3 is 2.50 bits per heavy atom. The molecule has 2 saturated heterocycles. The number of fused-ring (bicyclic) bond motifs is 1. The van der Waals surface area contributed by atoms with Crippen molar-refractivity contribution in [2.24, 2.45) is 11.8 Å². The van der Waals surface area contributed by atoms with E-state index in [-0.39, 0.29) is 56.8 Å². The van der Waals surface area contributed by atoms with Gasteiger partial charge < -0.3 is 44.1 Å². The average Bonchev–Trinajstić information content (AvgIpc) is 4.06. The van der Waals surface area contributed by atoms with Crippen molar-refractivity contribution in [2.45, 2.75) is 120 Å². The molecule has 2 aliphatic heterocycles. The van der Waals surface area contributed by atoms with Gasteiger partial charge in [0.05, 0.1) is 31.1 Å². The fourth-order valence-corrected chi connectivity index (χ4v) is 7.44. The van der Waals surface area contributed by atoms with Crippen LogP contribution in [-0.2, 0) is 38.1 Å². The van der Waals surface area contributed by atoms with Gasteiger partial charge in [0.25, 0.3) is 0 Å². The van der Waals surface area contributed by atoms with Crippen LogP contribution in [0.2, 0.25) is 0 Å². The van der Waals surface area contributed by atoms with Crippen molar-refractivity contribution < 1.29 is 53.1 Å². The second kappa shape index (κ2) is 16.1. The number of nitrogens with zero attached hydrogens (tertiary/aromatic N) is 1. The second-order valence-electron chi connectivity index (χ2n) is 15.5. The van der Waals surface area contributed by atoms with Crippen molar-refractivity contribution in [3.05, 3.63) is 53.3 Å². The third-order valence-electron chi connectivity index (χ3n) is 10.1. The Hall–Kier alpha value is -3.78. The summed E-state index contributed by atoms with van der Waals surface area (Å²) in [5, 5.41) is 21.8. The fraction of sp³-hybridized carbons (Fsp3) is 0.641. The molecule has 13 nitrogen and oxygen atoms in total. The van der Waals surface area contributed by atoms with Gasteiger partial charge in [-0.3, -0.25) is 14.4 Å². The maximum atomic E-state index is 14.2. The van der Waals surface area contributed by atoms with Crippen LogP contribution in [-0.4, -0.2) is 107 Å². The lowest BCUT2D eigenvalue weighted by molar-refractivity contribution is -0.209. The fourth-order valence-electron chi connectivity index (χ4n) is 7.44. The predicted molar refractivity (Wildman–Crippen MR) is 187 cm³/mol. The summed E-state index contributed by atoms with van der Waals surface area (Å²) in [7, 11) is 0. The maximum Gasteiger partial charge on any atom is 0.338 e. The Balaban J connectivity index is 1.16. The van der Waals surface area contributed by atoms with Crippen molar-refractivity contribution in [1.29, 1.82) is 0 Å². The largest absolute Gasteiger partial charge is 0.499 e. The van der Waals surface area contributed by atoms with Crippen molar-refractivity contribution >= 4 is 29.8 Å². The number of rotatable bonds is 15. The van der Waals surface area contributed by atoms with Gasteiger partial charge in [-0.1, -0.05) is 12.1 Å². The van der Waals surface area contributed by atoms with E-state index < -0.39 is 59.6 Å². The van der Waals surface area contributed by atoms with Gasteiger partial charge >= 0.3 is 11.9 Å². The number of likely N-dealkylation sites (tertiary alicyclic amines) is 1. The van der Waals surface area contributed by atoms with Crippen LogP contribution >= 0.6 is 0 Å². The Bertz CT molecular complexity index is 1530. The Kier molecular flexibility index (Phi) is 11.7. The first kappa shape index (κ1) is 38.0. The van der Waals surface area contributed by atoms with Gasteiger partial charge in [-0.15, -0.1) is 0 Å². The van der Waals surface area contributed by atoms with Crippen LogP contribution in [0.5, 0.6) is 0 Å². The standard InChI is InChI=1S/C39H52N2O11/c1-38(2,3)51-33(44)14-13-29(23-43)40-35(45)30-8-5-16-41(30)36(46)26-21-31(34-32(22-26)50-39(52-34,27-9-10-27)28-11-12-28)49-37(47)25-7-4-6-24(20-25)15-18-48-19-17-42/h4,6-7,15,18,20,22,27-32,34,42-43H,5,8-14,16-17,19,21,23H2,1-3H3,(H,40,45). The summed E-state index contributed by atoms with van der Waals surface area (Å²) in [6.45, 7) is 5.36. The summed E-state index contributed by atoms with van der Waals surface area (Å²) in [5.41, 5.74) is 0.779. The quantitative estimate of drug-likeness (QED) is 0.138. The molecule has 2 saturated carbocycles. The van der Waals surface area contributed by atoms with Crippen LogP contribution < -0.4 is 5.32 Å². The van der Waals surface area contributed by atoms with E-state index in [4.69, 9.17) is 28.8 Å². The minimum absolute atomic E-state index is 0.0248. The van der Waals surface area contributed by atoms with Gasteiger partial charge in [0.15, 0.2) is 5.79 Å². The molecule has 0 radical (unpaired) electrons. The van der Waals surface area contributed by atoms with E-state index in [1.807, 2.05) is 6.07 Å². The molecule has 6 rings (SSSR count). The highest BCUT2D eigenvalue weighted by atomic mass is 16.8. The summed E-state index contributed by atoms with van der Waals surface area (Å²) < 4.78 is 30.2. The molecule has 5 atom stereocenters. The number of carbonyl (C=O) groups is 4. The summed E-state index contributed by atoms with van der Waals surface area (Å²) in [4.78, 5) is 55.2. The Labute approximate surface area is 304 Å². The number of hydrogen-bond acceptors (Lipinski definition) is 11. The van der Waals surface area contributed by atoms with E-state index in [0.717, 1.165) is 25.7 Å². The third kappa shape index (κ3) is 9.05. The van der Waals surface area contributed by atoms with E-state index in [0.29, 0.717) is 36.1 Å². The molecule has 2 heterocycles. The minimum Gasteiger partial charge on any atom is -0.499 e. The van der Waals surface area contributed by atoms with Crippen molar-refractivity contribution in [3.63, 3.8) is 0 Å². The molecule has 3 aliphatic carbocycles. The first-order valence-electron chi connectivity index (χ1n) is 18.6. The molecule has 52 heavy (non-hydrogen) atoms. The molecule has 1 aromatic carbocycles. The van der Waals surface area contributed by atoms with Gasteiger partial charge in [-0.2, -0.15) is 0 Å². The zero-order chi connectivity index (χ0) is 37.0. The molecule has 0 aromatic heterocycles. The van der Waals surface area contributed by atoms with Gasteiger partial charge in [0, 0.05) is 36.8 Å². The maximum absolute atomic E-state index is 14.2. The number of aliphatic hydroxyl groups is 2. The highest BCUT2D eigenvalue weighted by molar-refractivity contribution is 5.98. The molecule has 1 aromatic rings. The van der Waals surface area contributed by atoms with E-state index in [9.17, 15) is 24.3 Å². The zero-order valence-corrected chi connectivity index (χ0v) is 30.3. The van der Waals surface area contributed by atoms with Gasteiger partial charge in [0.2, 0.25) is 11.8 Å². The number of carbonyl (C=O) groups excluding carboxylic acids is 4. The van der Waals surface area contributed by atoms with Crippen LogP contribution in [0.1, 0.15) is 94.5 Å². The molecule has 284 valence electrons. The lowest BCUT2D eigenvalue weighted by Gasteiger charge is -2.33. The molecule has 13 heteroatoms. The topological polar surface area (TPSA) is 170 Å². The van der Waals surface area contributed by atoms with E-state index in [2.05, 4.69) is 5.32 Å². The first-order chi connectivity index (χ1) is 24.9. The molecular weight excluding hydrogens is 672 g/mol. The number of aliphatic hydroxyl groups excluding tert-OH is 2. The lowest BCUT2D eigenvalue weighted by atomic mass is 9.91. The first-order valence-corrected chi connectivity index (χ1v) is 18.6. The second-order valence-corrected chi connectivity index (χ2v) is 15.5.